The minimum Gasteiger partial charge on any atom is -0.481 e. The fourth-order valence-corrected chi connectivity index (χ4v) is 5.60. The zero-order valence-corrected chi connectivity index (χ0v) is 23.9. The highest BCUT2D eigenvalue weighted by Gasteiger charge is 2.30. The van der Waals surface area contributed by atoms with E-state index in [-0.39, 0.29) is 37.2 Å². The second kappa shape index (κ2) is 12.5. The summed E-state index contributed by atoms with van der Waals surface area (Å²) in [5.41, 5.74) is 7.66. The molecule has 0 bridgehead atoms. The van der Waals surface area contributed by atoms with Gasteiger partial charge in [-0.05, 0) is 77.4 Å². The van der Waals surface area contributed by atoms with E-state index >= 15 is 0 Å². The number of carbonyl (C=O) groups is 3. The predicted octanol–water partition coefficient (Wildman–Crippen LogP) is 5.78. The number of aliphatic carboxylic acids is 1. The van der Waals surface area contributed by atoms with Gasteiger partial charge in [0.1, 0.15) is 0 Å². The molecule has 0 unspecified atom stereocenters. The van der Waals surface area contributed by atoms with Crippen molar-refractivity contribution in [1.82, 2.24) is 9.88 Å². The molecular weight excluding hydrogens is 540 g/mol. The van der Waals surface area contributed by atoms with Crippen LogP contribution in [0.15, 0.2) is 91.3 Å². The Morgan fingerprint density at radius 3 is 2.51 bits per heavy atom. The molecule has 0 atom stereocenters. The highest BCUT2D eigenvalue weighted by molar-refractivity contribution is 5.98. The Morgan fingerprint density at radius 1 is 0.930 bits per heavy atom. The topological polar surface area (TPSA) is 103 Å². The predicted molar refractivity (Wildman–Crippen MR) is 166 cm³/mol. The van der Waals surface area contributed by atoms with Gasteiger partial charge in [-0.2, -0.15) is 0 Å². The lowest BCUT2D eigenvalue weighted by Gasteiger charge is -2.32. The summed E-state index contributed by atoms with van der Waals surface area (Å²) in [7, 11) is 0. The molecule has 1 aliphatic heterocycles. The van der Waals surface area contributed by atoms with Crippen molar-refractivity contribution in [2.24, 2.45) is 5.92 Å². The van der Waals surface area contributed by atoms with E-state index in [1.807, 2.05) is 30.3 Å². The zero-order valence-electron chi connectivity index (χ0n) is 23.9. The number of hydrogen-bond acceptors (Lipinski definition) is 5. The number of carboxylic acid groups (broad SMARTS) is 1. The summed E-state index contributed by atoms with van der Waals surface area (Å²) in [6.07, 6.45) is 5.74. The van der Waals surface area contributed by atoms with Crippen LogP contribution in [0.3, 0.4) is 0 Å². The first-order valence-corrected chi connectivity index (χ1v) is 14.7. The molecule has 0 radical (unpaired) electrons. The Kier molecular flexibility index (Phi) is 8.18. The number of carboxylic acids is 1. The van der Waals surface area contributed by atoms with E-state index in [1.54, 1.807) is 23.2 Å². The SMILES string of the molecule is O=C(O)CCN(Cc1cccc(-c2ccc(N3CCc4ccccc4C3)c(NC(=O)C3CC3)c2)c1)C(=O)c1cccnc1. The van der Waals surface area contributed by atoms with E-state index in [1.165, 1.54) is 17.3 Å². The molecule has 1 saturated carbocycles. The first kappa shape index (κ1) is 28.2. The fourth-order valence-electron chi connectivity index (χ4n) is 5.60. The van der Waals surface area contributed by atoms with Crippen LogP contribution in [0.4, 0.5) is 11.4 Å². The molecule has 4 aromatic rings. The molecule has 6 rings (SSSR count). The van der Waals surface area contributed by atoms with Crippen LogP contribution in [0.25, 0.3) is 11.1 Å². The molecule has 0 saturated heterocycles. The number of nitrogens with one attached hydrogen (secondary N) is 1. The number of carbonyl (C=O) groups excluding carboxylic acids is 2. The van der Waals surface area contributed by atoms with Gasteiger partial charge in [0.15, 0.2) is 0 Å². The Hall–Kier alpha value is -4.98. The molecule has 2 heterocycles. The first-order chi connectivity index (χ1) is 20.9. The van der Waals surface area contributed by atoms with Gasteiger partial charge in [0.2, 0.25) is 5.91 Å². The van der Waals surface area contributed by atoms with Gasteiger partial charge in [-0.1, -0.05) is 48.5 Å². The van der Waals surface area contributed by atoms with Crippen LogP contribution < -0.4 is 10.2 Å². The first-order valence-electron chi connectivity index (χ1n) is 14.7. The van der Waals surface area contributed by atoms with Gasteiger partial charge in [0, 0.05) is 44.5 Å². The van der Waals surface area contributed by atoms with E-state index < -0.39 is 5.97 Å². The average Bonchev–Trinajstić information content (AvgIpc) is 3.89. The van der Waals surface area contributed by atoms with Crippen molar-refractivity contribution in [2.75, 3.05) is 23.3 Å². The van der Waals surface area contributed by atoms with Crippen molar-refractivity contribution in [1.29, 1.82) is 0 Å². The number of pyridine rings is 1. The Bertz CT molecular complexity index is 1650. The third-order valence-corrected chi connectivity index (χ3v) is 8.10. The van der Waals surface area contributed by atoms with Gasteiger partial charge in [-0.25, -0.2) is 0 Å². The molecule has 0 spiro atoms. The number of hydrogen-bond donors (Lipinski definition) is 2. The van der Waals surface area contributed by atoms with Crippen molar-refractivity contribution in [3.63, 3.8) is 0 Å². The van der Waals surface area contributed by atoms with Crippen molar-refractivity contribution in [3.05, 3.63) is 114 Å². The second-order valence-electron chi connectivity index (χ2n) is 11.2. The maximum Gasteiger partial charge on any atom is 0.305 e. The summed E-state index contributed by atoms with van der Waals surface area (Å²) >= 11 is 0. The summed E-state index contributed by atoms with van der Waals surface area (Å²) in [5.74, 6) is -1.09. The molecule has 8 heteroatoms. The lowest BCUT2D eigenvalue weighted by Crippen LogP contribution is -2.32. The van der Waals surface area contributed by atoms with Gasteiger partial charge < -0.3 is 20.2 Å². The normalized spacial score (nSPS) is 14.1. The lowest BCUT2D eigenvalue weighted by molar-refractivity contribution is -0.137. The van der Waals surface area contributed by atoms with Gasteiger partial charge in [-0.15, -0.1) is 0 Å². The van der Waals surface area contributed by atoms with Crippen molar-refractivity contribution < 1.29 is 19.5 Å². The minimum absolute atomic E-state index is 0.0625. The Morgan fingerprint density at radius 2 is 1.74 bits per heavy atom. The van der Waals surface area contributed by atoms with E-state index in [4.69, 9.17) is 0 Å². The van der Waals surface area contributed by atoms with Crippen LogP contribution in [0, 0.1) is 5.92 Å². The standard InChI is InChI=1S/C35H34N4O4/c40-33(41)15-18-39(35(43)29-9-4-16-36-21-29)22-24-5-3-8-27(19-24)28-12-13-32(31(20-28)37-34(42)26-10-11-26)38-17-14-25-6-1-2-7-30(25)23-38/h1-9,12-13,16,19-21,26H,10-11,14-15,17-18,22-23H2,(H,37,42)(H,40,41). The maximum atomic E-state index is 13.2. The third-order valence-electron chi connectivity index (χ3n) is 8.10. The highest BCUT2D eigenvalue weighted by atomic mass is 16.4. The monoisotopic (exact) mass is 574 g/mol. The van der Waals surface area contributed by atoms with E-state index in [2.05, 4.69) is 51.6 Å². The van der Waals surface area contributed by atoms with Crippen LogP contribution in [0.1, 0.15) is 46.3 Å². The molecule has 2 N–H and O–H groups in total. The molecule has 8 nitrogen and oxygen atoms in total. The summed E-state index contributed by atoms with van der Waals surface area (Å²) in [6, 6.07) is 26.0. The maximum absolute atomic E-state index is 13.2. The van der Waals surface area contributed by atoms with Crippen LogP contribution in [0.2, 0.25) is 0 Å². The van der Waals surface area contributed by atoms with E-state index in [9.17, 15) is 19.5 Å². The summed E-state index contributed by atoms with van der Waals surface area (Å²) < 4.78 is 0. The molecule has 1 aromatic heterocycles. The molecule has 218 valence electrons. The lowest BCUT2D eigenvalue weighted by atomic mass is 9.98. The summed E-state index contributed by atoms with van der Waals surface area (Å²) in [4.78, 5) is 45.4. The number of aromatic nitrogens is 1. The summed E-state index contributed by atoms with van der Waals surface area (Å²) in [5, 5.41) is 12.5. The van der Waals surface area contributed by atoms with Gasteiger partial charge >= 0.3 is 5.97 Å². The molecule has 43 heavy (non-hydrogen) atoms. The Balaban J connectivity index is 1.28. The van der Waals surface area contributed by atoms with Gasteiger partial charge in [0.05, 0.1) is 23.4 Å². The smallest absolute Gasteiger partial charge is 0.305 e. The van der Waals surface area contributed by atoms with Crippen molar-refractivity contribution in [2.45, 2.75) is 38.8 Å². The van der Waals surface area contributed by atoms with Gasteiger partial charge in [0.25, 0.3) is 5.91 Å². The van der Waals surface area contributed by atoms with Crippen molar-refractivity contribution in [3.8, 4) is 11.1 Å². The van der Waals surface area contributed by atoms with Crippen LogP contribution >= 0.6 is 0 Å². The zero-order chi connectivity index (χ0) is 29.8. The van der Waals surface area contributed by atoms with Crippen LogP contribution in [-0.4, -0.2) is 45.9 Å². The summed E-state index contributed by atoms with van der Waals surface area (Å²) in [6.45, 7) is 1.99. The number of rotatable bonds is 10. The van der Waals surface area contributed by atoms with E-state index in [0.29, 0.717) is 5.56 Å². The molecule has 1 aliphatic carbocycles. The van der Waals surface area contributed by atoms with E-state index in [0.717, 1.165) is 60.4 Å². The Labute approximate surface area is 251 Å². The number of amides is 2. The van der Waals surface area contributed by atoms with Crippen molar-refractivity contribution >= 4 is 29.2 Å². The second-order valence-corrected chi connectivity index (χ2v) is 11.2. The molecule has 2 aliphatic rings. The third kappa shape index (κ3) is 6.75. The molecule has 1 fully saturated rings. The minimum atomic E-state index is -0.962. The quantitative estimate of drug-likeness (QED) is 0.249. The largest absolute Gasteiger partial charge is 0.481 e. The highest BCUT2D eigenvalue weighted by Crippen LogP contribution is 2.37. The van der Waals surface area contributed by atoms with Crippen LogP contribution in [-0.2, 0) is 29.1 Å². The average molecular weight is 575 g/mol. The number of nitrogens with zero attached hydrogens (tertiary/aromatic N) is 3. The fraction of sp³-hybridized carbons (Fsp3) is 0.257. The molecule has 2 amide bonds. The van der Waals surface area contributed by atoms with Crippen LogP contribution in [0.5, 0.6) is 0 Å². The number of fused-ring (bicyclic) bond motifs is 1. The van der Waals surface area contributed by atoms with Gasteiger partial charge in [-0.3, -0.25) is 19.4 Å². The number of benzene rings is 3. The molecule has 3 aromatic carbocycles. The number of anilines is 2. The molecular formula is C35H34N4O4.